The molecule has 1 aromatic heterocycles. The second-order valence-corrected chi connectivity index (χ2v) is 8.27. The Bertz CT molecular complexity index is 625. The van der Waals surface area contributed by atoms with Crippen LogP contribution in [0.4, 0.5) is 5.69 Å². The van der Waals surface area contributed by atoms with E-state index in [-0.39, 0.29) is 22.5 Å². The van der Waals surface area contributed by atoms with E-state index in [1.165, 1.54) is 12.3 Å². The Morgan fingerprint density at radius 3 is 2.62 bits per heavy atom. The van der Waals surface area contributed by atoms with Crippen molar-refractivity contribution in [3.63, 3.8) is 0 Å². The largest absolute Gasteiger partial charge is 0.396 e. The number of nitrogens with two attached hydrogens (primary N) is 1. The molecule has 3 N–H and O–H groups in total. The average molecular weight is 313 g/mol. The number of hydrogen-bond donors (Lipinski definition) is 2. The van der Waals surface area contributed by atoms with Gasteiger partial charge in [0.1, 0.15) is 0 Å². The fraction of sp³-hybridized carbons (Fsp3) is 0.643. The fourth-order valence-electron chi connectivity index (χ4n) is 2.82. The van der Waals surface area contributed by atoms with E-state index in [1.807, 2.05) is 0 Å². The van der Waals surface area contributed by atoms with Crippen molar-refractivity contribution in [3.8, 4) is 0 Å². The summed E-state index contributed by atoms with van der Waals surface area (Å²) in [6.45, 7) is 7.92. The third-order valence-corrected chi connectivity index (χ3v) is 5.43. The van der Waals surface area contributed by atoms with Gasteiger partial charge in [0.15, 0.2) is 5.03 Å². The Hall–Kier alpha value is -1.18. The van der Waals surface area contributed by atoms with Crippen LogP contribution in [0, 0.1) is 10.8 Å². The number of rotatable bonds is 3. The van der Waals surface area contributed by atoms with Gasteiger partial charge < -0.3 is 10.0 Å². The Morgan fingerprint density at radius 2 is 2.14 bits per heavy atom. The molecule has 0 bridgehead atoms. The molecule has 1 aliphatic heterocycles. The molecule has 2 rings (SSSR count). The van der Waals surface area contributed by atoms with Gasteiger partial charge in [0, 0.05) is 36.5 Å². The lowest BCUT2D eigenvalue weighted by Crippen LogP contribution is -2.41. The molecule has 1 aliphatic rings. The van der Waals surface area contributed by atoms with Crippen molar-refractivity contribution < 1.29 is 13.5 Å². The maximum Gasteiger partial charge on any atom is 0.255 e. The van der Waals surface area contributed by atoms with E-state index in [0.29, 0.717) is 6.54 Å². The number of aromatic nitrogens is 1. The smallest absolute Gasteiger partial charge is 0.255 e. The average Bonchev–Trinajstić information content (AvgIpc) is 2.83. The number of aliphatic hydroxyl groups is 1. The third-order valence-electron chi connectivity index (χ3n) is 4.62. The molecule has 118 valence electrons. The highest BCUT2D eigenvalue weighted by molar-refractivity contribution is 7.89. The molecule has 2 heterocycles. The van der Waals surface area contributed by atoms with Crippen molar-refractivity contribution in [3.05, 3.63) is 18.3 Å². The molecule has 1 fully saturated rings. The Balaban J connectivity index is 2.30. The van der Waals surface area contributed by atoms with Crippen LogP contribution in [0.2, 0.25) is 0 Å². The minimum Gasteiger partial charge on any atom is -0.396 e. The quantitative estimate of drug-likeness (QED) is 0.866. The maximum absolute atomic E-state index is 11.4. The van der Waals surface area contributed by atoms with Crippen LogP contribution in [0.3, 0.4) is 0 Å². The van der Waals surface area contributed by atoms with E-state index >= 15 is 0 Å². The van der Waals surface area contributed by atoms with Crippen LogP contribution in [-0.2, 0) is 10.0 Å². The number of primary sulfonamides is 1. The molecule has 0 amide bonds. The molecular formula is C14H23N3O3S. The molecule has 0 aromatic carbocycles. The number of hydrogen-bond acceptors (Lipinski definition) is 5. The third kappa shape index (κ3) is 3.04. The zero-order valence-electron chi connectivity index (χ0n) is 12.7. The monoisotopic (exact) mass is 313 g/mol. The summed E-state index contributed by atoms with van der Waals surface area (Å²) in [5.74, 6) is 0. The SMILES string of the molecule is CC(C)(C)C1(CO)CCN(c2ccnc(S(N)(=O)=O)c2)C1. The molecular weight excluding hydrogens is 290 g/mol. The molecule has 0 aliphatic carbocycles. The van der Waals surface area contributed by atoms with Crippen LogP contribution in [0.1, 0.15) is 27.2 Å². The van der Waals surface area contributed by atoms with Crippen LogP contribution < -0.4 is 10.0 Å². The van der Waals surface area contributed by atoms with Crippen molar-refractivity contribution in [2.24, 2.45) is 16.0 Å². The molecule has 1 aromatic rings. The van der Waals surface area contributed by atoms with E-state index in [1.54, 1.807) is 6.07 Å². The lowest BCUT2D eigenvalue weighted by molar-refractivity contribution is 0.0354. The zero-order valence-corrected chi connectivity index (χ0v) is 13.5. The van der Waals surface area contributed by atoms with Gasteiger partial charge in [-0.25, -0.2) is 18.5 Å². The van der Waals surface area contributed by atoms with Gasteiger partial charge in [0.05, 0.1) is 6.61 Å². The van der Waals surface area contributed by atoms with Crippen molar-refractivity contribution in [1.82, 2.24) is 4.98 Å². The van der Waals surface area contributed by atoms with Crippen LogP contribution in [0.15, 0.2) is 23.4 Å². The van der Waals surface area contributed by atoms with Gasteiger partial charge in [-0.1, -0.05) is 20.8 Å². The molecule has 0 spiro atoms. The number of nitrogens with zero attached hydrogens (tertiary/aromatic N) is 2. The molecule has 0 saturated carbocycles. The highest BCUT2D eigenvalue weighted by atomic mass is 32.2. The summed E-state index contributed by atoms with van der Waals surface area (Å²) < 4.78 is 22.8. The highest BCUT2D eigenvalue weighted by Gasteiger charge is 2.46. The second kappa shape index (κ2) is 5.23. The lowest BCUT2D eigenvalue weighted by Gasteiger charge is -2.40. The molecule has 1 atom stereocenters. The van der Waals surface area contributed by atoms with Gasteiger partial charge in [0.25, 0.3) is 10.0 Å². The lowest BCUT2D eigenvalue weighted by atomic mass is 9.66. The molecule has 21 heavy (non-hydrogen) atoms. The van der Waals surface area contributed by atoms with Crippen molar-refractivity contribution in [2.45, 2.75) is 32.2 Å². The number of anilines is 1. The van der Waals surface area contributed by atoms with Crippen molar-refractivity contribution in [1.29, 1.82) is 0 Å². The van der Waals surface area contributed by atoms with Gasteiger partial charge in [-0.3, -0.25) is 0 Å². The summed E-state index contributed by atoms with van der Waals surface area (Å²) in [7, 11) is -3.80. The summed E-state index contributed by atoms with van der Waals surface area (Å²) in [5.41, 5.74) is 0.540. The van der Waals surface area contributed by atoms with Gasteiger partial charge in [0.2, 0.25) is 0 Å². The first-order valence-electron chi connectivity index (χ1n) is 6.94. The fourth-order valence-corrected chi connectivity index (χ4v) is 3.32. The number of pyridine rings is 1. The summed E-state index contributed by atoms with van der Waals surface area (Å²) in [6, 6.07) is 3.26. The summed E-state index contributed by atoms with van der Waals surface area (Å²) in [4.78, 5) is 5.88. The minimum atomic E-state index is -3.80. The predicted molar refractivity (Wildman–Crippen MR) is 81.4 cm³/mol. The van der Waals surface area contributed by atoms with Crippen LogP contribution in [0.25, 0.3) is 0 Å². The maximum atomic E-state index is 11.4. The summed E-state index contributed by atoms with van der Waals surface area (Å²) >= 11 is 0. The standard InChI is InChI=1S/C14H23N3O3S/c1-13(2,3)14(10-18)5-7-17(9-14)11-4-6-16-12(8-11)21(15,19)20/h4,6,8,18H,5,7,9-10H2,1-3H3,(H2,15,19,20). The Kier molecular flexibility index (Phi) is 4.03. The predicted octanol–water partition coefficient (Wildman–Crippen LogP) is 0.964. The first kappa shape index (κ1) is 16.2. The number of sulfonamides is 1. The van der Waals surface area contributed by atoms with Crippen LogP contribution in [-0.4, -0.2) is 38.2 Å². The first-order valence-corrected chi connectivity index (χ1v) is 8.48. The molecule has 1 unspecified atom stereocenters. The van der Waals surface area contributed by atoms with E-state index in [2.05, 4.69) is 30.7 Å². The number of aliphatic hydroxyl groups excluding tert-OH is 1. The Labute approximate surface area is 126 Å². The topological polar surface area (TPSA) is 96.5 Å². The van der Waals surface area contributed by atoms with E-state index in [0.717, 1.165) is 18.7 Å². The van der Waals surface area contributed by atoms with Gasteiger partial charge in [-0.2, -0.15) is 0 Å². The van der Waals surface area contributed by atoms with E-state index < -0.39 is 10.0 Å². The van der Waals surface area contributed by atoms with Crippen LogP contribution >= 0.6 is 0 Å². The first-order chi connectivity index (χ1) is 9.59. The molecule has 7 heteroatoms. The van der Waals surface area contributed by atoms with Gasteiger partial charge >= 0.3 is 0 Å². The van der Waals surface area contributed by atoms with Crippen LogP contribution in [0.5, 0.6) is 0 Å². The second-order valence-electron chi connectivity index (χ2n) is 6.76. The van der Waals surface area contributed by atoms with Gasteiger partial charge in [-0.15, -0.1) is 0 Å². The summed E-state index contributed by atoms with van der Waals surface area (Å²) in [6.07, 6.45) is 2.31. The van der Waals surface area contributed by atoms with Crippen molar-refractivity contribution in [2.75, 3.05) is 24.6 Å². The van der Waals surface area contributed by atoms with E-state index in [9.17, 15) is 13.5 Å². The highest BCUT2D eigenvalue weighted by Crippen LogP contribution is 2.46. The Morgan fingerprint density at radius 1 is 1.48 bits per heavy atom. The summed E-state index contributed by atoms with van der Waals surface area (Å²) in [5, 5.41) is 14.8. The minimum absolute atomic E-state index is 0.0354. The zero-order chi connectivity index (χ0) is 15.9. The molecule has 0 radical (unpaired) electrons. The van der Waals surface area contributed by atoms with E-state index in [4.69, 9.17) is 5.14 Å². The molecule has 1 saturated heterocycles. The van der Waals surface area contributed by atoms with Gasteiger partial charge in [-0.05, 0) is 17.9 Å². The van der Waals surface area contributed by atoms with Crippen molar-refractivity contribution >= 4 is 15.7 Å². The molecule has 6 nitrogen and oxygen atoms in total. The normalized spacial score (nSPS) is 23.6.